The zero-order valence-electron chi connectivity index (χ0n) is 18.7. The van der Waals surface area contributed by atoms with Crippen molar-refractivity contribution in [3.05, 3.63) is 0 Å². The van der Waals surface area contributed by atoms with Crippen LogP contribution in [-0.4, -0.2) is 112 Å². The molecule has 13 nitrogen and oxygen atoms in total. The molecule has 6 atom stereocenters. The van der Waals surface area contributed by atoms with Crippen LogP contribution in [0.25, 0.3) is 0 Å². The summed E-state index contributed by atoms with van der Waals surface area (Å²) in [6.07, 6.45) is -3.05. The van der Waals surface area contributed by atoms with Crippen LogP contribution in [0.1, 0.15) is 27.2 Å². The van der Waals surface area contributed by atoms with Gasteiger partial charge in [-0.05, 0) is 20.8 Å². The molecule has 0 saturated carbocycles. The minimum atomic E-state index is -1.42. The van der Waals surface area contributed by atoms with Crippen molar-refractivity contribution in [2.24, 2.45) is 17.2 Å². The van der Waals surface area contributed by atoms with E-state index < -0.39 is 72.3 Å². The topological polar surface area (TPSA) is 214 Å². The number of nitrogens with two attached hydrogens (primary N) is 3. The highest BCUT2D eigenvalue weighted by Crippen LogP contribution is 2.14. The maximum absolute atomic E-state index is 13.0. The van der Waals surface area contributed by atoms with E-state index in [1.807, 2.05) is 0 Å². The Morgan fingerprint density at radius 1 is 0.742 bits per heavy atom. The molecule has 0 aliphatic carbocycles. The van der Waals surface area contributed by atoms with Gasteiger partial charge in [-0.3, -0.25) is 24.0 Å². The van der Waals surface area contributed by atoms with Crippen molar-refractivity contribution in [2.75, 3.05) is 21.1 Å². The molecule has 0 unspecified atom stereocenters. The molecule has 0 saturated heterocycles. The van der Waals surface area contributed by atoms with E-state index >= 15 is 0 Å². The Labute approximate surface area is 181 Å². The zero-order chi connectivity index (χ0) is 24.8. The van der Waals surface area contributed by atoms with E-state index in [1.54, 1.807) is 0 Å². The third-order valence-corrected chi connectivity index (χ3v) is 5.01. The van der Waals surface area contributed by atoms with Crippen molar-refractivity contribution in [2.45, 2.75) is 63.6 Å². The van der Waals surface area contributed by atoms with E-state index in [4.69, 9.17) is 17.2 Å². The van der Waals surface area contributed by atoms with E-state index in [0.717, 1.165) is 14.7 Å². The van der Waals surface area contributed by atoms with E-state index in [1.165, 1.54) is 41.9 Å². The Kier molecular flexibility index (Phi) is 10.5. The van der Waals surface area contributed by atoms with Crippen LogP contribution >= 0.6 is 0 Å². The summed E-state index contributed by atoms with van der Waals surface area (Å²) in [6.45, 7) is 3.93. The SMILES string of the molecule is C[C@@H](O)[C@@H](C(=O)N(C)[C@@H](C)C(=O)N(C)[C@H](C(N)=O)[C@@H](C)O)N(C)C(=O)[C@@H](N)CC(N)=O. The lowest BCUT2D eigenvalue weighted by Crippen LogP contribution is -2.61. The van der Waals surface area contributed by atoms with Crippen LogP contribution in [0, 0.1) is 0 Å². The van der Waals surface area contributed by atoms with Gasteiger partial charge in [-0.25, -0.2) is 0 Å². The number of amides is 5. The first-order valence-electron chi connectivity index (χ1n) is 9.55. The Hall–Kier alpha value is -2.77. The molecule has 178 valence electrons. The molecule has 8 N–H and O–H groups in total. The largest absolute Gasteiger partial charge is 0.391 e. The van der Waals surface area contributed by atoms with Crippen LogP contribution in [-0.2, 0) is 24.0 Å². The minimum Gasteiger partial charge on any atom is -0.391 e. The molecule has 0 heterocycles. The number of primary amides is 2. The van der Waals surface area contributed by atoms with Crippen molar-refractivity contribution in [3.8, 4) is 0 Å². The number of rotatable bonds is 11. The number of aliphatic hydroxyl groups excluding tert-OH is 2. The van der Waals surface area contributed by atoms with Crippen LogP contribution in [0.4, 0.5) is 0 Å². The molecule has 0 aliphatic heterocycles. The second-order valence-electron chi connectivity index (χ2n) is 7.57. The third-order valence-electron chi connectivity index (χ3n) is 5.01. The smallest absolute Gasteiger partial charge is 0.248 e. The molecule has 5 amide bonds. The fourth-order valence-corrected chi connectivity index (χ4v) is 3.15. The number of hydrogen-bond acceptors (Lipinski definition) is 8. The Morgan fingerprint density at radius 2 is 1.16 bits per heavy atom. The average Bonchev–Trinajstić information content (AvgIpc) is 2.63. The van der Waals surface area contributed by atoms with Crippen LogP contribution in [0.5, 0.6) is 0 Å². The Morgan fingerprint density at radius 3 is 1.52 bits per heavy atom. The van der Waals surface area contributed by atoms with Crippen molar-refractivity contribution in [3.63, 3.8) is 0 Å². The van der Waals surface area contributed by atoms with Gasteiger partial charge in [0.2, 0.25) is 29.5 Å². The van der Waals surface area contributed by atoms with Gasteiger partial charge in [0.1, 0.15) is 18.1 Å². The summed E-state index contributed by atoms with van der Waals surface area (Å²) in [5.74, 6) is -4.04. The molecular formula is C18H34N6O7. The van der Waals surface area contributed by atoms with Crippen molar-refractivity contribution in [1.29, 1.82) is 0 Å². The third kappa shape index (κ3) is 7.15. The van der Waals surface area contributed by atoms with Gasteiger partial charge in [-0.1, -0.05) is 0 Å². The fraction of sp³-hybridized carbons (Fsp3) is 0.722. The maximum Gasteiger partial charge on any atom is 0.248 e. The van der Waals surface area contributed by atoms with Gasteiger partial charge in [0, 0.05) is 21.1 Å². The highest BCUT2D eigenvalue weighted by atomic mass is 16.3. The van der Waals surface area contributed by atoms with E-state index in [-0.39, 0.29) is 0 Å². The van der Waals surface area contributed by atoms with E-state index in [2.05, 4.69) is 0 Å². The van der Waals surface area contributed by atoms with Gasteiger partial charge in [0.05, 0.1) is 24.7 Å². The summed E-state index contributed by atoms with van der Waals surface area (Å²) in [6, 6.07) is -5.18. The highest BCUT2D eigenvalue weighted by molar-refractivity contribution is 5.95. The Balaban J connectivity index is 5.65. The standard InChI is InChI=1S/C18H34N6O7/c1-8(16(29)23(5)13(9(2)25)15(21)28)22(4)18(31)14(10(3)26)24(6)17(30)11(19)7-12(20)27/h8-11,13-14,25-26H,7,19H2,1-6H3,(H2,20,27)(H2,21,28)/t8-,9+,10+,11-,13-,14-/m0/s1. The lowest BCUT2D eigenvalue weighted by Gasteiger charge is -2.37. The lowest BCUT2D eigenvalue weighted by molar-refractivity contribution is -0.155. The van der Waals surface area contributed by atoms with Crippen LogP contribution in [0.2, 0.25) is 0 Å². The minimum absolute atomic E-state index is 0.451. The van der Waals surface area contributed by atoms with Crippen molar-refractivity contribution in [1.82, 2.24) is 14.7 Å². The van der Waals surface area contributed by atoms with Crippen LogP contribution in [0.15, 0.2) is 0 Å². The van der Waals surface area contributed by atoms with Gasteiger partial charge < -0.3 is 42.1 Å². The number of aliphatic hydroxyl groups is 2. The summed E-state index contributed by atoms with van der Waals surface area (Å²) in [7, 11) is 3.75. The van der Waals surface area contributed by atoms with E-state index in [9.17, 15) is 34.2 Å². The monoisotopic (exact) mass is 446 g/mol. The molecule has 0 fully saturated rings. The fourth-order valence-electron chi connectivity index (χ4n) is 3.15. The number of carbonyl (C=O) groups is 5. The molecule has 13 heteroatoms. The number of nitrogens with zero attached hydrogens (tertiary/aromatic N) is 3. The zero-order valence-corrected chi connectivity index (χ0v) is 18.7. The van der Waals surface area contributed by atoms with Crippen LogP contribution in [0.3, 0.4) is 0 Å². The molecule has 0 radical (unpaired) electrons. The predicted octanol–water partition coefficient (Wildman–Crippen LogP) is -4.06. The van der Waals surface area contributed by atoms with Gasteiger partial charge in [0.25, 0.3) is 0 Å². The summed E-state index contributed by atoms with van der Waals surface area (Å²) >= 11 is 0. The van der Waals surface area contributed by atoms with Crippen molar-refractivity contribution >= 4 is 29.5 Å². The second kappa shape index (κ2) is 11.6. The highest BCUT2D eigenvalue weighted by Gasteiger charge is 2.39. The van der Waals surface area contributed by atoms with Crippen molar-refractivity contribution < 1.29 is 34.2 Å². The molecule has 0 bridgehead atoms. The van der Waals surface area contributed by atoms with Crippen LogP contribution < -0.4 is 17.2 Å². The molecule has 0 rings (SSSR count). The second-order valence-corrected chi connectivity index (χ2v) is 7.57. The number of carbonyl (C=O) groups excluding carboxylic acids is 5. The first kappa shape index (κ1) is 28.2. The predicted molar refractivity (Wildman–Crippen MR) is 110 cm³/mol. The summed E-state index contributed by atoms with van der Waals surface area (Å²) in [5.41, 5.74) is 15.9. The molecule has 0 aromatic rings. The normalized spacial score (nSPS) is 16.8. The Bertz CT molecular complexity index is 699. The van der Waals surface area contributed by atoms with Gasteiger partial charge in [-0.2, -0.15) is 0 Å². The van der Waals surface area contributed by atoms with E-state index in [0.29, 0.717) is 0 Å². The first-order valence-corrected chi connectivity index (χ1v) is 9.55. The summed E-state index contributed by atoms with van der Waals surface area (Å²) < 4.78 is 0. The van der Waals surface area contributed by atoms with Gasteiger partial charge in [0.15, 0.2) is 0 Å². The molecular weight excluding hydrogens is 412 g/mol. The lowest BCUT2D eigenvalue weighted by atomic mass is 10.1. The molecule has 0 spiro atoms. The number of hydrogen-bond donors (Lipinski definition) is 5. The molecule has 0 aromatic heterocycles. The van der Waals surface area contributed by atoms with Gasteiger partial charge in [-0.15, -0.1) is 0 Å². The molecule has 31 heavy (non-hydrogen) atoms. The first-order chi connectivity index (χ1) is 14.1. The quantitative estimate of drug-likeness (QED) is 0.210. The number of likely N-dealkylation sites (N-methyl/N-ethyl adjacent to an activating group) is 3. The van der Waals surface area contributed by atoms with Gasteiger partial charge >= 0.3 is 0 Å². The maximum atomic E-state index is 13.0. The molecule has 0 aliphatic rings. The summed E-state index contributed by atoms with van der Waals surface area (Å²) in [5, 5.41) is 19.9. The average molecular weight is 447 g/mol. The molecule has 0 aromatic carbocycles. The summed E-state index contributed by atoms with van der Waals surface area (Å²) in [4.78, 5) is 63.6.